The first kappa shape index (κ1) is 10.7. The van der Waals surface area contributed by atoms with E-state index in [4.69, 9.17) is 9.78 Å². The molecular weight excluding hydrogens is 254 g/mol. The van der Waals surface area contributed by atoms with Gasteiger partial charge in [-0.1, -0.05) is 35.6 Å². The van der Waals surface area contributed by atoms with Gasteiger partial charge in [0.05, 0.1) is 11.4 Å². The molecule has 2 aromatic rings. The molecule has 0 amide bonds. The molecule has 4 bridgehead atoms. The maximum atomic E-state index is 6.02. The third-order valence-corrected chi connectivity index (χ3v) is 4.04. The molecule has 0 radical (unpaired) electrons. The zero-order chi connectivity index (χ0) is 13.1. The van der Waals surface area contributed by atoms with E-state index >= 15 is 0 Å². The summed E-state index contributed by atoms with van der Waals surface area (Å²) in [5, 5.41) is 5.45. The van der Waals surface area contributed by atoms with E-state index in [2.05, 4.69) is 35.3 Å². The molecule has 3 aliphatic heterocycles. The summed E-state index contributed by atoms with van der Waals surface area (Å²) in [5.41, 5.74) is 4.51. The minimum absolute atomic E-state index is 0.132. The first-order valence-electron chi connectivity index (χ1n) is 6.80. The Labute approximate surface area is 116 Å². The number of nitrogens with zero attached hydrogens (tertiary/aromatic N) is 3. The Morgan fingerprint density at radius 1 is 1.00 bits per heavy atom. The Balaban J connectivity index is 1.65. The van der Waals surface area contributed by atoms with Crippen molar-refractivity contribution in [1.29, 1.82) is 0 Å². The zero-order valence-electron chi connectivity index (χ0n) is 10.8. The average molecular weight is 267 g/mol. The summed E-state index contributed by atoms with van der Waals surface area (Å²) in [5.74, 6) is 0. The smallest absolute Gasteiger partial charge is 0.186 e. The van der Waals surface area contributed by atoms with E-state index in [9.17, 15) is 0 Å². The summed E-state index contributed by atoms with van der Waals surface area (Å²) in [4.78, 5) is 11.8. The predicted octanol–water partition coefficient (Wildman–Crippen LogP) is 2.58. The van der Waals surface area contributed by atoms with Gasteiger partial charge in [-0.3, -0.25) is 0 Å². The van der Waals surface area contributed by atoms with Crippen molar-refractivity contribution in [2.45, 2.75) is 12.6 Å². The molecule has 0 spiro atoms. The van der Waals surface area contributed by atoms with E-state index < -0.39 is 0 Å². The molecule has 5 heteroatoms. The number of benzene rings is 2. The van der Waals surface area contributed by atoms with Crippen LogP contribution in [0.3, 0.4) is 0 Å². The fourth-order valence-electron chi connectivity index (χ4n) is 3.07. The SMILES string of the molecule is c1cc2cc(c1)N1ON2OC2c3ccccc3CCN21. The molecular formula is C15H13N3O2. The molecule has 3 aliphatic rings. The predicted molar refractivity (Wildman–Crippen MR) is 73.2 cm³/mol. The van der Waals surface area contributed by atoms with Crippen molar-refractivity contribution in [2.75, 3.05) is 16.9 Å². The lowest BCUT2D eigenvalue weighted by Gasteiger charge is -2.50. The van der Waals surface area contributed by atoms with Crippen molar-refractivity contribution in [1.82, 2.24) is 5.01 Å². The fraction of sp³-hybridized carbons (Fsp3) is 0.200. The molecule has 2 aromatic carbocycles. The topological polar surface area (TPSA) is 28.2 Å². The molecule has 1 atom stereocenters. The third kappa shape index (κ3) is 1.31. The first-order valence-corrected chi connectivity index (χ1v) is 6.80. The molecule has 100 valence electrons. The molecule has 0 aromatic heterocycles. The first-order chi connectivity index (χ1) is 9.90. The highest BCUT2D eigenvalue weighted by Gasteiger charge is 2.42. The van der Waals surface area contributed by atoms with Crippen LogP contribution in [0.25, 0.3) is 0 Å². The molecule has 1 saturated heterocycles. The number of hydrogen-bond acceptors (Lipinski definition) is 5. The molecule has 0 N–H and O–H groups in total. The van der Waals surface area contributed by atoms with E-state index in [1.54, 1.807) is 0 Å². The van der Waals surface area contributed by atoms with E-state index in [1.165, 1.54) is 16.4 Å². The van der Waals surface area contributed by atoms with Crippen LogP contribution in [-0.4, -0.2) is 11.6 Å². The van der Waals surface area contributed by atoms with Crippen LogP contribution in [0.1, 0.15) is 17.4 Å². The highest BCUT2D eigenvalue weighted by atomic mass is 17.1. The second-order valence-electron chi connectivity index (χ2n) is 5.20. The standard InChI is InChI=1S/C15H13N3O2/c1-2-7-14-11(4-1)8-9-16-15(14)19-18-13-6-3-5-12(10-13)17(16)20-18/h1-7,10,15H,8-9H2. The average Bonchev–Trinajstić information content (AvgIpc) is 2.53. The lowest BCUT2D eigenvalue weighted by atomic mass is 9.99. The van der Waals surface area contributed by atoms with Crippen LogP contribution in [0, 0.1) is 0 Å². The maximum absolute atomic E-state index is 6.02. The van der Waals surface area contributed by atoms with E-state index in [-0.39, 0.29) is 6.23 Å². The summed E-state index contributed by atoms with van der Waals surface area (Å²) in [7, 11) is 0. The van der Waals surface area contributed by atoms with Crippen LogP contribution in [0.5, 0.6) is 0 Å². The van der Waals surface area contributed by atoms with Gasteiger partial charge in [-0.15, -0.1) is 4.94 Å². The molecule has 0 saturated carbocycles. The second-order valence-corrected chi connectivity index (χ2v) is 5.20. The van der Waals surface area contributed by atoms with Crippen molar-refractivity contribution in [3.63, 3.8) is 0 Å². The van der Waals surface area contributed by atoms with Gasteiger partial charge in [-0.25, -0.2) is 4.84 Å². The van der Waals surface area contributed by atoms with Gasteiger partial charge >= 0.3 is 0 Å². The lowest BCUT2D eigenvalue weighted by molar-refractivity contribution is -0.276. The highest BCUT2D eigenvalue weighted by molar-refractivity contribution is 5.59. The van der Waals surface area contributed by atoms with Gasteiger partial charge in [0, 0.05) is 12.1 Å². The van der Waals surface area contributed by atoms with Gasteiger partial charge in [0.2, 0.25) is 0 Å². The van der Waals surface area contributed by atoms with Gasteiger partial charge in [0.1, 0.15) is 0 Å². The van der Waals surface area contributed by atoms with Crippen LogP contribution in [0.2, 0.25) is 0 Å². The lowest BCUT2D eigenvalue weighted by Crippen LogP contribution is -2.59. The third-order valence-electron chi connectivity index (χ3n) is 4.04. The van der Waals surface area contributed by atoms with Crippen LogP contribution >= 0.6 is 0 Å². The van der Waals surface area contributed by atoms with E-state index in [0.717, 1.165) is 24.3 Å². The van der Waals surface area contributed by atoms with E-state index in [0.29, 0.717) is 0 Å². The zero-order valence-corrected chi connectivity index (χ0v) is 10.8. The monoisotopic (exact) mass is 267 g/mol. The number of hydrazine groups is 1. The number of anilines is 2. The quantitative estimate of drug-likeness (QED) is 0.731. The van der Waals surface area contributed by atoms with E-state index in [1.807, 2.05) is 23.4 Å². The Bertz CT molecular complexity index is 690. The van der Waals surface area contributed by atoms with Gasteiger partial charge in [0.15, 0.2) is 6.23 Å². The van der Waals surface area contributed by atoms with Crippen LogP contribution < -0.4 is 10.4 Å². The summed E-state index contributed by atoms with van der Waals surface area (Å²) in [6, 6.07) is 16.5. The van der Waals surface area contributed by atoms with Crippen molar-refractivity contribution >= 4 is 11.4 Å². The van der Waals surface area contributed by atoms with Crippen molar-refractivity contribution in [3.8, 4) is 0 Å². The summed E-state index contributed by atoms with van der Waals surface area (Å²) >= 11 is 0. The summed E-state index contributed by atoms with van der Waals surface area (Å²) in [6.45, 7) is 0.875. The fourth-order valence-corrected chi connectivity index (χ4v) is 3.07. The van der Waals surface area contributed by atoms with Gasteiger partial charge in [-0.05, 0) is 30.2 Å². The minimum Gasteiger partial charge on any atom is -0.221 e. The largest absolute Gasteiger partial charge is 0.221 e. The van der Waals surface area contributed by atoms with Crippen LogP contribution in [0.4, 0.5) is 11.4 Å². The molecule has 3 heterocycles. The van der Waals surface area contributed by atoms with Gasteiger partial charge < -0.3 is 0 Å². The molecule has 5 nitrogen and oxygen atoms in total. The highest BCUT2D eigenvalue weighted by Crippen LogP contribution is 2.42. The summed E-state index contributed by atoms with van der Waals surface area (Å²) < 4.78 is 0. The Kier molecular flexibility index (Phi) is 1.99. The van der Waals surface area contributed by atoms with Crippen LogP contribution in [0.15, 0.2) is 48.5 Å². The molecule has 5 rings (SSSR count). The molecule has 1 unspecified atom stereocenters. The number of fused-ring (bicyclic) bond motifs is 10. The minimum atomic E-state index is -0.132. The van der Waals surface area contributed by atoms with Crippen LogP contribution in [-0.2, 0) is 16.2 Å². The molecule has 20 heavy (non-hydrogen) atoms. The molecule has 1 fully saturated rings. The Hall–Kier alpha value is -2.08. The molecule has 0 aliphatic carbocycles. The number of hydrogen-bond donors (Lipinski definition) is 0. The Morgan fingerprint density at radius 3 is 2.90 bits per heavy atom. The van der Waals surface area contributed by atoms with Gasteiger partial charge in [-0.2, -0.15) is 10.2 Å². The van der Waals surface area contributed by atoms with Crippen molar-refractivity contribution in [2.24, 2.45) is 0 Å². The maximum Gasteiger partial charge on any atom is 0.186 e. The van der Waals surface area contributed by atoms with Crippen molar-refractivity contribution < 1.29 is 9.78 Å². The van der Waals surface area contributed by atoms with Gasteiger partial charge in [0.25, 0.3) is 0 Å². The second kappa shape index (κ2) is 3.73. The normalized spacial score (nSPS) is 23.3. The Morgan fingerprint density at radius 2 is 1.90 bits per heavy atom. The number of rotatable bonds is 0. The summed E-state index contributed by atoms with van der Waals surface area (Å²) in [6.07, 6.45) is 0.863. The van der Waals surface area contributed by atoms with Crippen molar-refractivity contribution in [3.05, 3.63) is 59.7 Å².